The average molecular weight is 386 g/mol. The Morgan fingerprint density at radius 2 is 1.50 bits per heavy atom. The van der Waals surface area contributed by atoms with Gasteiger partial charge in [-0.15, -0.1) is 0 Å². The largest absolute Gasteiger partial charge is 0.370 e. The van der Waals surface area contributed by atoms with Crippen molar-refractivity contribution in [2.45, 2.75) is 0 Å². The van der Waals surface area contributed by atoms with Crippen LogP contribution in [0.1, 0.15) is 15.9 Å². The lowest BCUT2D eigenvalue weighted by Crippen LogP contribution is -2.24. The number of fused-ring (bicyclic) bond motifs is 1. The lowest BCUT2D eigenvalue weighted by Gasteiger charge is -2.13. The number of benzene rings is 3. The molecule has 0 aromatic heterocycles. The minimum absolute atomic E-state index is 0.112. The van der Waals surface area contributed by atoms with Crippen molar-refractivity contribution in [1.82, 2.24) is 0 Å². The number of halogens is 4. The summed E-state index contributed by atoms with van der Waals surface area (Å²) in [6.07, 6.45) is 0. The molecule has 0 spiro atoms. The zero-order chi connectivity index (χ0) is 20.6. The number of carbonyl (C=O) groups excluding carboxylic acids is 1. The van der Waals surface area contributed by atoms with Crippen molar-refractivity contribution in [3.8, 4) is 17.2 Å². The number of nitrogens with zero attached hydrogens (tertiary/aromatic N) is 2. The van der Waals surface area contributed by atoms with Crippen LogP contribution in [-0.4, -0.2) is 11.9 Å². The van der Waals surface area contributed by atoms with Crippen LogP contribution in [0.3, 0.4) is 0 Å². The second-order valence-corrected chi connectivity index (χ2v) is 5.74. The Labute approximate surface area is 155 Å². The zero-order valence-electron chi connectivity index (χ0n) is 13.9. The van der Waals surface area contributed by atoms with Gasteiger partial charge in [0.05, 0.1) is 17.2 Å². The lowest BCUT2D eigenvalue weighted by molar-refractivity contribution is 0.100. The first-order valence-corrected chi connectivity index (χ1v) is 7.68. The highest BCUT2D eigenvalue weighted by molar-refractivity contribution is 6.07. The summed E-state index contributed by atoms with van der Waals surface area (Å²) < 4.78 is 56.5. The van der Waals surface area contributed by atoms with Crippen LogP contribution in [0, 0.1) is 34.6 Å². The summed E-state index contributed by atoms with van der Waals surface area (Å²) in [5.74, 6) is -6.39. The highest BCUT2D eigenvalue weighted by Crippen LogP contribution is 2.37. The Morgan fingerprint density at radius 1 is 0.893 bits per heavy atom. The zero-order valence-corrected chi connectivity index (χ0v) is 13.9. The van der Waals surface area contributed by atoms with E-state index in [1.807, 2.05) is 0 Å². The van der Waals surface area contributed by atoms with Crippen LogP contribution in [0.15, 0.2) is 41.4 Å². The van der Waals surface area contributed by atoms with Crippen molar-refractivity contribution in [2.75, 3.05) is 0 Å². The van der Waals surface area contributed by atoms with Gasteiger partial charge in [-0.05, 0) is 23.6 Å². The summed E-state index contributed by atoms with van der Waals surface area (Å²) in [6.45, 7) is 0. The van der Waals surface area contributed by atoms with Crippen LogP contribution < -0.4 is 11.5 Å². The number of aliphatic imine (C=N–C) groups is 1. The molecular weight excluding hydrogens is 376 g/mol. The van der Waals surface area contributed by atoms with E-state index in [1.165, 1.54) is 12.1 Å². The molecule has 1 amide bonds. The fourth-order valence-electron chi connectivity index (χ4n) is 2.83. The molecule has 0 fully saturated rings. The quantitative estimate of drug-likeness (QED) is 0.400. The maximum atomic E-state index is 14.7. The molecule has 28 heavy (non-hydrogen) atoms. The molecule has 0 bridgehead atoms. The third-order valence-corrected chi connectivity index (χ3v) is 3.94. The average Bonchev–Trinajstić information content (AvgIpc) is 2.61. The number of nitrogens with two attached hydrogens (primary N) is 2. The summed E-state index contributed by atoms with van der Waals surface area (Å²) in [5.41, 5.74) is 8.68. The molecule has 3 aromatic rings. The molecule has 4 N–H and O–H groups in total. The van der Waals surface area contributed by atoms with E-state index >= 15 is 0 Å². The summed E-state index contributed by atoms with van der Waals surface area (Å²) in [7, 11) is 0. The highest BCUT2D eigenvalue weighted by Gasteiger charge is 2.22. The van der Waals surface area contributed by atoms with Crippen molar-refractivity contribution in [1.29, 1.82) is 5.26 Å². The normalized spacial score (nSPS) is 10.5. The first-order valence-electron chi connectivity index (χ1n) is 7.68. The molecule has 0 saturated carbocycles. The number of rotatable bonds is 2. The van der Waals surface area contributed by atoms with E-state index in [-0.39, 0.29) is 21.9 Å². The molecule has 3 aromatic carbocycles. The summed E-state index contributed by atoms with van der Waals surface area (Å²) in [4.78, 5) is 15.4. The van der Waals surface area contributed by atoms with Gasteiger partial charge in [0.15, 0.2) is 5.96 Å². The van der Waals surface area contributed by atoms with Crippen molar-refractivity contribution >= 4 is 22.6 Å². The van der Waals surface area contributed by atoms with E-state index in [9.17, 15) is 27.6 Å². The van der Waals surface area contributed by atoms with Crippen LogP contribution in [0.4, 0.5) is 17.6 Å². The molecule has 140 valence electrons. The fourth-order valence-corrected chi connectivity index (χ4v) is 2.83. The van der Waals surface area contributed by atoms with Crippen molar-refractivity contribution in [2.24, 2.45) is 16.5 Å². The van der Waals surface area contributed by atoms with Gasteiger partial charge < -0.3 is 11.5 Å². The van der Waals surface area contributed by atoms with E-state index in [2.05, 4.69) is 4.99 Å². The van der Waals surface area contributed by atoms with Gasteiger partial charge in [0.1, 0.15) is 23.3 Å². The number of amides is 1. The maximum absolute atomic E-state index is 14.7. The van der Waals surface area contributed by atoms with E-state index < -0.39 is 46.3 Å². The Hall–Kier alpha value is -3.93. The van der Waals surface area contributed by atoms with Crippen LogP contribution in [0.5, 0.6) is 0 Å². The van der Waals surface area contributed by atoms with E-state index in [0.29, 0.717) is 12.1 Å². The molecule has 0 heterocycles. The van der Waals surface area contributed by atoms with Crippen LogP contribution >= 0.6 is 0 Å². The van der Waals surface area contributed by atoms with E-state index in [4.69, 9.17) is 11.5 Å². The van der Waals surface area contributed by atoms with Crippen molar-refractivity contribution in [3.63, 3.8) is 0 Å². The molecule has 0 aliphatic rings. The van der Waals surface area contributed by atoms with Gasteiger partial charge in [0, 0.05) is 28.6 Å². The third-order valence-electron chi connectivity index (χ3n) is 3.94. The number of carbonyl (C=O) groups is 1. The lowest BCUT2D eigenvalue weighted by atomic mass is 9.92. The minimum Gasteiger partial charge on any atom is -0.370 e. The predicted molar refractivity (Wildman–Crippen MR) is 94.1 cm³/mol. The van der Waals surface area contributed by atoms with Gasteiger partial charge in [-0.2, -0.15) is 10.3 Å². The molecule has 0 saturated heterocycles. The van der Waals surface area contributed by atoms with Crippen LogP contribution in [-0.2, 0) is 0 Å². The molecule has 0 atom stereocenters. The number of nitriles is 1. The number of hydrogen-bond donors (Lipinski definition) is 2. The Kier molecular flexibility index (Phi) is 4.71. The van der Waals surface area contributed by atoms with Gasteiger partial charge in [-0.3, -0.25) is 4.79 Å². The number of guanidine groups is 1. The van der Waals surface area contributed by atoms with E-state index in [1.54, 1.807) is 6.07 Å². The molecule has 0 radical (unpaired) electrons. The maximum Gasteiger partial charge on any atom is 0.280 e. The molecule has 0 aliphatic heterocycles. The molecule has 0 aliphatic carbocycles. The minimum atomic E-state index is -1.34. The van der Waals surface area contributed by atoms with Crippen molar-refractivity contribution in [3.05, 3.63) is 70.8 Å². The molecule has 5 nitrogen and oxygen atoms in total. The first kappa shape index (κ1) is 18.8. The van der Waals surface area contributed by atoms with Gasteiger partial charge in [0.2, 0.25) is 0 Å². The summed E-state index contributed by atoms with van der Waals surface area (Å²) in [5, 5.41) is 9.22. The second kappa shape index (κ2) is 7.00. The van der Waals surface area contributed by atoms with Gasteiger partial charge in [0.25, 0.3) is 5.91 Å². The standard InChI is InChI=1S/C19H10F4N4O/c20-10-5-14(22)17(15(23)6-10)16-12-3-8(18(28)27-19(25)26)1-2-11(12)9(7-24)4-13(16)21/h1-6H,(H4,25,26,27,28). The SMILES string of the molecule is N#Cc1cc(F)c(-c2c(F)cc(F)cc2F)c2cc(C(=O)N=C(N)N)ccc12. The summed E-state index contributed by atoms with van der Waals surface area (Å²) >= 11 is 0. The summed E-state index contributed by atoms with van der Waals surface area (Å²) in [6, 6.07) is 7.04. The molecule has 0 unspecified atom stereocenters. The second-order valence-electron chi connectivity index (χ2n) is 5.74. The molecule has 3 rings (SSSR count). The monoisotopic (exact) mass is 386 g/mol. The first-order chi connectivity index (χ1) is 13.2. The van der Waals surface area contributed by atoms with Crippen LogP contribution in [0.2, 0.25) is 0 Å². The van der Waals surface area contributed by atoms with Crippen LogP contribution in [0.25, 0.3) is 21.9 Å². The smallest absolute Gasteiger partial charge is 0.280 e. The van der Waals surface area contributed by atoms with E-state index in [0.717, 1.165) is 12.1 Å². The fraction of sp³-hybridized carbons (Fsp3) is 0. The predicted octanol–water partition coefficient (Wildman–Crippen LogP) is 3.35. The van der Waals surface area contributed by atoms with Gasteiger partial charge >= 0.3 is 0 Å². The number of hydrogen-bond acceptors (Lipinski definition) is 2. The topological polar surface area (TPSA) is 105 Å². The highest BCUT2D eigenvalue weighted by atomic mass is 19.1. The molecular formula is C19H10F4N4O. The van der Waals surface area contributed by atoms with Crippen molar-refractivity contribution < 1.29 is 22.4 Å². The Morgan fingerprint density at radius 3 is 2.07 bits per heavy atom. The van der Waals surface area contributed by atoms with Gasteiger partial charge in [-0.25, -0.2) is 17.6 Å². The Bertz CT molecular complexity index is 1190. The third kappa shape index (κ3) is 3.23. The molecule has 9 heteroatoms. The van der Waals surface area contributed by atoms with Gasteiger partial charge in [-0.1, -0.05) is 6.07 Å². The Balaban J connectivity index is 2.43.